The summed E-state index contributed by atoms with van der Waals surface area (Å²) in [7, 11) is 0. The van der Waals surface area contributed by atoms with Gasteiger partial charge in [0.2, 0.25) is 0 Å². The number of aliphatic imine (C=N–C) groups is 2. The van der Waals surface area contributed by atoms with Gasteiger partial charge in [-0.1, -0.05) is 96.1 Å². The lowest BCUT2D eigenvalue weighted by molar-refractivity contribution is 0.549. The molecule has 0 aliphatic heterocycles. The van der Waals surface area contributed by atoms with E-state index in [-0.39, 0.29) is 0 Å². The van der Waals surface area contributed by atoms with Crippen LogP contribution in [0.25, 0.3) is 0 Å². The fourth-order valence-electron chi connectivity index (χ4n) is 5.23. The van der Waals surface area contributed by atoms with Crippen LogP contribution >= 0.6 is 0 Å². The van der Waals surface area contributed by atoms with Crippen LogP contribution in [0.5, 0.6) is 0 Å². The predicted octanol–water partition coefficient (Wildman–Crippen LogP) is 9.47. The molecule has 4 aromatic carbocycles. The van der Waals surface area contributed by atoms with Crippen molar-refractivity contribution in [2.24, 2.45) is 9.98 Å². The molecule has 0 radical (unpaired) electrons. The van der Waals surface area contributed by atoms with Gasteiger partial charge in [0.15, 0.2) is 11.5 Å². The van der Waals surface area contributed by atoms with Crippen molar-refractivity contribution in [2.75, 3.05) is 0 Å². The maximum absolute atomic E-state index is 6.61. The summed E-state index contributed by atoms with van der Waals surface area (Å²) in [6.07, 6.45) is 0. The quantitative estimate of drug-likeness (QED) is 0.210. The molecule has 3 heteroatoms. The number of nitrogens with zero attached hydrogens (tertiary/aromatic N) is 2. The first-order valence-corrected chi connectivity index (χ1v) is 13.3. The second-order valence-corrected chi connectivity index (χ2v) is 10.3. The van der Waals surface area contributed by atoms with Crippen LogP contribution in [0.3, 0.4) is 0 Å². The molecule has 0 N–H and O–H groups in total. The van der Waals surface area contributed by atoms with Crippen molar-refractivity contribution in [1.82, 2.24) is 0 Å². The molecule has 0 saturated heterocycles. The van der Waals surface area contributed by atoms with Crippen molar-refractivity contribution in [3.05, 3.63) is 153 Å². The highest BCUT2D eigenvalue weighted by Gasteiger charge is 2.18. The Labute approximate surface area is 231 Å². The first kappa shape index (κ1) is 26.1. The number of hydrogen-bond donors (Lipinski definition) is 0. The van der Waals surface area contributed by atoms with E-state index in [4.69, 9.17) is 14.4 Å². The summed E-state index contributed by atoms with van der Waals surface area (Å²) >= 11 is 0. The number of rotatable bonds is 6. The monoisotopic (exact) mass is 510 g/mol. The lowest BCUT2D eigenvalue weighted by Gasteiger charge is -2.11. The second-order valence-electron chi connectivity index (χ2n) is 10.3. The van der Waals surface area contributed by atoms with Gasteiger partial charge in [-0.3, -0.25) is 0 Å². The van der Waals surface area contributed by atoms with Crippen LogP contribution in [0, 0.1) is 41.5 Å². The highest BCUT2D eigenvalue weighted by atomic mass is 16.3. The number of aryl methyl sites for hydroxylation is 6. The Balaban J connectivity index is 1.68. The Bertz CT molecular complexity index is 1520. The number of hydrogen-bond acceptors (Lipinski definition) is 3. The van der Waals surface area contributed by atoms with Gasteiger partial charge in [0.25, 0.3) is 0 Å². The largest absolute Gasteiger partial charge is 0.453 e. The Morgan fingerprint density at radius 2 is 0.795 bits per heavy atom. The van der Waals surface area contributed by atoms with Crippen molar-refractivity contribution in [2.45, 2.75) is 41.5 Å². The van der Waals surface area contributed by atoms with E-state index in [1.54, 1.807) is 0 Å². The molecule has 0 bridgehead atoms. The molecular formula is C36H34N2O. The number of benzene rings is 4. The average molecular weight is 511 g/mol. The molecule has 0 saturated carbocycles. The zero-order valence-electron chi connectivity index (χ0n) is 23.5. The van der Waals surface area contributed by atoms with E-state index in [9.17, 15) is 0 Å². The molecule has 194 valence electrons. The average Bonchev–Trinajstić information content (AvgIpc) is 3.38. The summed E-state index contributed by atoms with van der Waals surface area (Å²) in [5.74, 6) is 1.41. The smallest absolute Gasteiger partial charge is 0.153 e. The van der Waals surface area contributed by atoms with Gasteiger partial charge in [0.1, 0.15) is 11.4 Å². The molecule has 1 aromatic heterocycles. The third kappa shape index (κ3) is 5.68. The van der Waals surface area contributed by atoms with E-state index in [1.807, 2.05) is 48.5 Å². The molecule has 0 amide bonds. The van der Waals surface area contributed by atoms with E-state index < -0.39 is 0 Å². The molecule has 5 aromatic rings. The zero-order chi connectivity index (χ0) is 27.5. The normalized spacial score (nSPS) is 12.2. The van der Waals surface area contributed by atoms with E-state index in [0.29, 0.717) is 11.5 Å². The predicted molar refractivity (Wildman–Crippen MR) is 163 cm³/mol. The Morgan fingerprint density at radius 3 is 1.13 bits per heavy atom. The summed E-state index contributed by atoms with van der Waals surface area (Å²) in [5.41, 5.74) is 12.6. The van der Waals surface area contributed by atoms with Gasteiger partial charge in [-0.15, -0.1) is 0 Å². The lowest BCUT2D eigenvalue weighted by Crippen LogP contribution is -2.04. The minimum atomic E-state index is 0.705. The fourth-order valence-corrected chi connectivity index (χ4v) is 5.23. The molecule has 0 aliphatic carbocycles. The first-order chi connectivity index (χ1) is 18.8. The van der Waals surface area contributed by atoms with E-state index in [0.717, 1.165) is 56.2 Å². The maximum Gasteiger partial charge on any atom is 0.153 e. The highest BCUT2D eigenvalue weighted by molar-refractivity contribution is 6.15. The van der Waals surface area contributed by atoms with Crippen molar-refractivity contribution >= 4 is 22.8 Å². The van der Waals surface area contributed by atoms with Crippen molar-refractivity contribution in [3.8, 4) is 0 Å². The van der Waals surface area contributed by atoms with Crippen LogP contribution < -0.4 is 0 Å². The van der Waals surface area contributed by atoms with Crippen LogP contribution in [-0.4, -0.2) is 11.4 Å². The van der Waals surface area contributed by atoms with Crippen LogP contribution in [-0.2, 0) is 0 Å². The van der Waals surface area contributed by atoms with Crippen LogP contribution in [0.4, 0.5) is 11.4 Å². The van der Waals surface area contributed by atoms with Crippen molar-refractivity contribution in [3.63, 3.8) is 0 Å². The molecule has 0 aliphatic rings. The molecule has 1 heterocycles. The minimum absolute atomic E-state index is 0.705. The van der Waals surface area contributed by atoms with Gasteiger partial charge >= 0.3 is 0 Å². The van der Waals surface area contributed by atoms with Gasteiger partial charge in [0, 0.05) is 11.1 Å². The van der Waals surface area contributed by atoms with E-state index in [1.165, 1.54) is 11.1 Å². The van der Waals surface area contributed by atoms with E-state index in [2.05, 4.69) is 90.1 Å². The van der Waals surface area contributed by atoms with E-state index >= 15 is 0 Å². The van der Waals surface area contributed by atoms with Crippen LogP contribution in [0.15, 0.2) is 111 Å². The summed E-state index contributed by atoms with van der Waals surface area (Å²) in [5, 5.41) is 0. The van der Waals surface area contributed by atoms with Crippen LogP contribution in [0.2, 0.25) is 0 Å². The van der Waals surface area contributed by atoms with Crippen molar-refractivity contribution < 1.29 is 4.42 Å². The lowest BCUT2D eigenvalue weighted by atomic mass is 10.0. The number of furan rings is 1. The van der Waals surface area contributed by atoms with Gasteiger partial charge in [-0.2, -0.15) is 0 Å². The summed E-state index contributed by atoms with van der Waals surface area (Å²) < 4.78 is 6.61. The molecular weight excluding hydrogens is 476 g/mol. The van der Waals surface area contributed by atoms with Gasteiger partial charge in [-0.25, -0.2) is 9.98 Å². The van der Waals surface area contributed by atoms with Gasteiger partial charge in [0.05, 0.1) is 11.4 Å². The molecule has 5 rings (SSSR count). The van der Waals surface area contributed by atoms with Gasteiger partial charge < -0.3 is 4.42 Å². The minimum Gasteiger partial charge on any atom is -0.453 e. The Kier molecular flexibility index (Phi) is 7.42. The maximum atomic E-state index is 6.61. The molecule has 3 nitrogen and oxygen atoms in total. The molecule has 0 atom stereocenters. The third-order valence-corrected chi connectivity index (χ3v) is 6.89. The van der Waals surface area contributed by atoms with Gasteiger partial charge in [-0.05, 0) is 75.9 Å². The standard InChI is InChI=1S/C36H34N2O/c1-23-19-25(3)33(26(4)20-23)37-35(29-13-9-7-10-14-29)31-17-18-32(39-31)36(30-15-11-8-12-16-30)38-34-27(5)21-24(2)22-28(34)6/h7-22H,1-6H3. The molecule has 0 fully saturated rings. The second kappa shape index (κ2) is 11.1. The SMILES string of the molecule is Cc1cc(C)c(N=C(c2ccccc2)c2ccc(C(=Nc3c(C)cc(C)cc3C)c3ccccc3)o2)c(C)c1. The highest BCUT2D eigenvalue weighted by Crippen LogP contribution is 2.30. The summed E-state index contributed by atoms with van der Waals surface area (Å²) in [6.45, 7) is 12.7. The Morgan fingerprint density at radius 1 is 0.462 bits per heavy atom. The first-order valence-electron chi connectivity index (χ1n) is 13.3. The fraction of sp³-hybridized carbons (Fsp3) is 0.167. The topological polar surface area (TPSA) is 37.9 Å². The summed E-state index contributed by atoms with van der Waals surface area (Å²) in [4.78, 5) is 10.4. The van der Waals surface area contributed by atoms with Crippen molar-refractivity contribution in [1.29, 1.82) is 0 Å². The molecule has 0 unspecified atom stereocenters. The summed E-state index contributed by atoms with van der Waals surface area (Å²) in [6, 6.07) is 33.2. The molecule has 39 heavy (non-hydrogen) atoms. The molecule has 0 spiro atoms. The van der Waals surface area contributed by atoms with Crippen LogP contribution in [0.1, 0.15) is 56.0 Å². The third-order valence-electron chi connectivity index (χ3n) is 6.89. The zero-order valence-corrected chi connectivity index (χ0v) is 23.5. The Hall–Kier alpha value is -4.50.